The Balaban J connectivity index is 2.55. The van der Waals surface area contributed by atoms with E-state index in [0.29, 0.717) is 0 Å². The first-order valence-corrected chi connectivity index (χ1v) is 5.47. The summed E-state index contributed by atoms with van der Waals surface area (Å²) in [5.74, 6) is -0.769. The zero-order valence-corrected chi connectivity index (χ0v) is 9.87. The van der Waals surface area contributed by atoms with Gasteiger partial charge in [0.15, 0.2) is 0 Å². The average molecular weight is 216 g/mol. The summed E-state index contributed by atoms with van der Waals surface area (Å²) in [5.41, 5.74) is 3.68. The first-order chi connectivity index (χ1) is 7.44. The van der Waals surface area contributed by atoms with E-state index in [1.165, 1.54) is 5.56 Å². The highest BCUT2D eigenvalue weighted by molar-refractivity contribution is 5.94. The van der Waals surface area contributed by atoms with Crippen LogP contribution in [0.5, 0.6) is 0 Å². The average Bonchev–Trinajstić information content (AvgIpc) is 2.63. The van der Waals surface area contributed by atoms with Crippen LogP contribution in [0.3, 0.4) is 0 Å². The van der Waals surface area contributed by atoms with Gasteiger partial charge in [-0.05, 0) is 49.5 Å². The second-order valence-corrected chi connectivity index (χ2v) is 4.86. The molecule has 2 heteroatoms. The lowest BCUT2D eigenvalue weighted by Crippen LogP contribution is -2.25. The molecule has 0 spiro atoms. The van der Waals surface area contributed by atoms with Crippen LogP contribution < -0.4 is 0 Å². The van der Waals surface area contributed by atoms with Crippen LogP contribution in [0.4, 0.5) is 0 Å². The van der Waals surface area contributed by atoms with Crippen LogP contribution in [-0.2, 0) is 11.2 Å². The van der Waals surface area contributed by atoms with Crippen molar-refractivity contribution in [3.05, 3.63) is 41.0 Å². The molecule has 0 atom stereocenters. The zero-order chi connectivity index (χ0) is 11.9. The molecular formula is C14H16O2. The van der Waals surface area contributed by atoms with E-state index in [0.717, 1.165) is 23.1 Å². The van der Waals surface area contributed by atoms with E-state index >= 15 is 0 Å². The summed E-state index contributed by atoms with van der Waals surface area (Å²) in [6, 6.07) is 6.14. The van der Waals surface area contributed by atoms with Crippen LogP contribution in [-0.4, -0.2) is 11.1 Å². The van der Waals surface area contributed by atoms with Crippen LogP contribution in [0.1, 0.15) is 30.5 Å². The molecule has 0 saturated heterocycles. The standard InChI is InChI=1S/C14H16O2/c1-9-5-4-6-10-7-8-11(12(9)10)14(2,3)13(15)16/h4-6,8H,7H2,1-3H3,(H,15,16). The van der Waals surface area contributed by atoms with Crippen molar-refractivity contribution in [3.8, 4) is 0 Å². The van der Waals surface area contributed by atoms with Gasteiger partial charge in [0, 0.05) is 0 Å². The molecule has 1 aromatic rings. The van der Waals surface area contributed by atoms with Crippen molar-refractivity contribution in [3.63, 3.8) is 0 Å². The lowest BCUT2D eigenvalue weighted by Gasteiger charge is -2.23. The molecule has 16 heavy (non-hydrogen) atoms. The van der Waals surface area contributed by atoms with Gasteiger partial charge in [-0.3, -0.25) is 4.79 Å². The maximum atomic E-state index is 11.3. The lowest BCUT2D eigenvalue weighted by molar-refractivity contribution is -0.143. The second-order valence-electron chi connectivity index (χ2n) is 4.86. The summed E-state index contributed by atoms with van der Waals surface area (Å²) in [7, 11) is 0. The number of hydrogen-bond acceptors (Lipinski definition) is 1. The maximum absolute atomic E-state index is 11.3. The Morgan fingerprint density at radius 3 is 2.69 bits per heavy atom. The number of allylic oxidation sites excluding steroid dienone is 1. The molecule has 0 aromatic heterocycles. The molecule has 0 bridgehead atoms. The third kappa shape index (κ3) is 1.45. The molecule has 84 valence electrons. The maximum Gasteiger partial charge on any atom is 0.313 e. The van der Waals surface area contributed by atoms with Crippen LogP contribution >= 0.6 is 0 Å². The van der Waals surface area contributed by atoms with Gasteiger partial charge in [-0.15, -0.1) is 0 Å². The number of benzene rings is 1. The van der Waals surface area contributed by atoms with Crippen LogP contribution in [0.25, 0.3) is 5.57 Å². The zero-order valence-electron chi connectivity index (χ0n) is 9.87. The van der Waals surface area contributed by atoms with Gasteiger partial charge >= 0.3 is 5.97 Å². The predicted molar refractivity (Wildman–Crippen MR) is 64.3 cm³/mol. The van der Waals surface area contributed by atoms with Crippen LogP contribution in [0.2, 0.25) is 0 Å². The quantitative estimate of drug-likeness (QED) is 0.825. The van der Waals surface area contributed by atoms with E-state index in [1.54, 1.807) is 13.8 Å². The SMILES string of the molecule is Cc1cccc2c1C(C(C)(C)C(=O)O)=CC2. The number of aliphatic carboxylic acids is 1. The summed E-state index contributed by atoms with van der Waals surface area (Å²) >= 11 is 0. The molecule has 1 aliphatic carbocycles. The number of carbonyl (C=O) groups is 1. The summed E-state index contributed by atoms with van der Waals surface area (Å²) in [6.07, 6.45) is 2.90. The van der Waals surface area contributed by atoms with E-state index in [9.17, 15) is 9.90 Å². The van der Waals surface area contributed by atoms with E-state index in [4.69, 9.17) is 0 Å². The molecule has 0 unspecified atom stereocenters. The first kappa shape index (κ1) is 10.9. The number of aryl methyl sites for hydroxylation is 1. The van der Waals surface area contributed by atoms with E-state index in [2.05, 4.69) is 6.07 Å². The molecule has 0 amide bonds. The molecule has 2 rings (SSSR count). The Kier molecular flexibility index (Phi) is 2.38. The third-order valence-corrected chi connectivity index (χ3v) is 3.36. The Labute approximate surface area is 95.6 Å². The van der Waals surface area contributed by atoms with Gasteiger partial charge in [0.05, 0.1) is 5.41 Å². The van der Waals surface area contributed by atoms with E-state index in [-0.39, 0.29) is 0 Å². The molecule has 0 aliphatic heterocycles. The minimum absolute atomic E-state index is 0.769. The minimum atomic E-state index is -0.808. The highest BCUT2D eigenvalue weighted by Gasteiger charge is 2.35. The molecule has 0 radical (unpaired) electrons. The van der Waals surface area contributed by atoms with Crippen molar-refractivity contribution in [1.29, 1.82) is 0 Å². The summed E-state index contributed by atoms with van der Waals surface area (Å²) in [5, 5.41) is 9.28. The largest absolute Gasteiger partial charge is 0.481 e. The highest BCUT2D eigenvalue weighted by Crippen LogP contribution is 2.42. The van der Waals surface area contributed by atoms with E-state index < -0.39 is 11.4 Å². The van der Waals surface area contributed by atoms with Gasteiger partial charge in [0.25, 0.3) is 0 Å². The van der Waals surface area contributed by atoms with Crippen molar-refractivity contribution in [2.24, 2.45) is 5.41 Å². The summed E-state index contributed by atoms with van der Waals surface area (Å²) < 4.78 is 0. The first-order valence-electron chi connectivity index (χ1n) is 5.47. The number of hydrogen-bond donors (Lipinski definition) is 1. The Bertz CT molecular complexity index is 482. The number of rotatable bonds is 2. The van der Waals surface area contributed by atoms with Crippen molar-refractivity contribution < 1.29 is 9.90 Å². The third-order valence-electron chi connectivity index (χ3n) is 3.36. The Hall–Kier alpha value is -1.57. The lowest BCUT2D eigenvalue weighted by atomic mass is 9.80. The molecular weight excluding hydrogens is 200 g/mol. The molecule has 0 saturated carbocycles. The van der Waals surface area contributed by atoms with Crippen molar-refractivity contribution in [2.45, 2.75) is 27.2 Å². The second kappa shape index (κ2) is 3.48. The Morgan fingerprint density at radius 2 is 2.06 bits per heavy atom. The summed E-state index contributed by atoms with van der Waals surface area (Å²) in [4.78, 5) is 11.3. The van der Waals surface area contributed by atoms with Gasteiger partial charge in [0.1, 0.15) is 0 Å². The van der Waals surface area contributed by atoms with Crippen LogP contribution in [0, 0.1) is 12.3 Å². The number of carboxylic acids is 1. The van der Waals surface area contributed by atoms with Crippen LogP contribution in [0.15, 0.2) is 24.3 Å². The van der Waals surface area contributed by atoms with Gasteiger partial charge in [0.2, 0.25) is 0 Å². The Morgan fingerprint density at radius 1 is 1.38 bits per heavy atom. The molecule has 2 nitrogen and oxygen atoms in total. The van der Waals surface area contributed by atoms with Gasteiger partial charge in [-0.25, -0.2) is 0 Å². The molecule has 0 fully saturated rings. The van der Waals surface area contributed by atoms with Crippen molar-refractivity contribution in [2.75, 3.05) is 0 Å². The number of carboxylic acid groups (broad SMARTS) is 1. The van der Waals surface area contributed by atoms with E-state index in [1.807, 2.05) is 25.1 Å². The number of fused-ring (bicyclic) bond motifs is 1. The van der Waals surface area contributed by atoms with Gasteiger partial charge in [-0.1, -0.05) is 24.3 Å². The summed E-state index contributed by atoms with van der Waals surface area (Å²) in [6.45, 7) is 5.57. The minimum Gasteiger partial charge on any atom is -0.481 e. The van der Waals surface area contributed by atoms with Gasteiger partial charge < -0.3 is 5.11 Å². The van der Waals surface area contributed by atoms with Crippen molar-refractivity contribution >= 4 is 11.5 Å². The fourth-order valence-electron chi connectivity index (χ4n) is 2.28. The normalized spacial score (nSPS) is 14.6. The van der Waals surface area contributed by atoms with Gasteiger partial charge in [-0.2, -0.15) is 0 Å². The molecule has 1 aliphatic rings. The fourth-order valence-corrected chi connectivity index (χ4v) is 2.28. The predicted octanol–water partition coefficient (Wildman–Crippen LogP) is 3.05. The smallest absolute Gasteiger partial charge is 0.313 e. The topological polar surface area (TPSA) is 37.3 Å². The fraction of sp³-hybridized carbons (Fsp3) is 0.357. The van der Waals surface area contributed by atoms with Crippen molar-refractivity contribution in [1.82, 2.24) is 0 Å². The molecule has 1 N–H and O–H groups in total. The molecule has 1 aromatic carbocycles. The highest BCUT2D eigenvalue weighted by atomic mass is 16.4. The monoisotopic (exact) mass is 216 g/mol. The molecule has 0 heterocycles.